The van der Waals surface area contributed by atoms with Crippen LogP contribution in [0.3, 0.4) is 0 Å². The quantitative estimate of drug-likeness (QED) is 0.723. The smallest absolute Gasteiger partial charge is 0.170 e. The number of aliphatic hydroxyl groups is 2. The number of hydrogen-bond acceptors (Lipinski definition) is 3. The first kappa shape index (κ1) is 11.6. The van der Waals surface area contributed by atoms with Gasteiger partial charge in [-0.25, -0.2) is 4.39 Å². The molecule has 1 rings (SSSR count). The van der Waals surface area contributed by atoms with Gasteiger partial charge in [-0.1, -0.05) is 12.1 Å². The second kappa shape index (κ2) is 4.39. The van der Waals surface area contributed by atoms with Crippen LogP contribution < -0.4 is 0 Å². The van der Waals surface area contributed by atoms with Crippen LogP contribution in [-0.4, -0.2) is 16.3 Å². The van der Waals surface area contributed by atoms with Crippen LogP contribution >= 0.6 is 0 Å². The Kier molecular flexibility index (Phi) is 3.40. The molecule has 0 aromatic heterocycles. The highest BCUT2D eigenvalue weighted by Crippen LogP contribution is 2.22. The van der Waals surface area contributed by atoms with Crippen molar-refractivity contribution in [1.82, 2.24) is 0 Å². The van der Waals surface area contributed by atoms with Crippen LogP contribution in [0.5, 0.6) is 0 Å². The van der Waals surface area contributed by atoms with Gasteiger partial charge in [0.2, 0.25) is 0 Å². The molecule has 1 aromatic carbocycles. The number of halogens is 1. The molecule has 3 nitrogen and oxygen atoms in total. The zero-order valence-corrected chi connectivity index (χ0v) is 8.53. The monoisotopic (exact) mass is 209 g/mol. The second-order valence-corrected chi connectivity index (χ2v) is 3.49. The maximum Gasteiger partial charge on any atom is 0.170 e. The molecule has 0 spiro atoms. The fraction of sp³-hybridized carbons (Fsp3) is 0.364. The van der Waals surface area contributed by atoms with Gasteiger partial charge in [0, 0.05) is 0 Å². The van der Waals surface area contributed by atoms with Crippen LogP contribution in [0.1, 0.15) is 22.8 Å². The molecular formula is C11H12FNO2. The minimum absolute atomic E-state index is 0.336. The van der Waals surface area contributed by atoms with E-state index in [0.717, 1.165) is 0 Å². The Labute approximate surface area is 87.4 Å². The summed E-state index contributed by atoms with van der Waals surface area (Å²) in [6.07, 6.45) is -2.79. The molecule has 0 aliphatic rings. The highest BCUT2D eigenvalue weighted by Gasteiger charge is 2.19. The van der Waals surface area contributed by atoms with Crippen molar-refractivity contribution < 1.29 is 14.6 Å². The average Bonchev–Trinajstić information content (AvgIpc) is 2.23. The first-order chi connectivity index (χ1) is 6.97. The molecule has 2 atom stereocenters. The van der Waals surface area contributed by atoms with E-state index in [1.54, 1.807) is 13.8 Å². The van der Waals surface area contributed by atoms with Gasteiger partial charge < -0.3 is 10.2 Å². The van der Waals surface area contributed by atoms with Gasteiger partial charge in [-0.2, -0.15) is 5.26 Å². The summed E-state index contributed by atoms with van der Waals surface area (Å²) in [6, 6.07) is 4.38. The third kappa shape index (κ3) is 2.32. The van der Waals surface area contributed by atoms with Crippen molar-refractivity contribution >= 4 is 0 Å². The maximum absolute atomic E-state index is 13.2. The zero-order valence-electron chi connectivity index (χ0n) is 8.53. The van der Waals surface area contributed by atoms with Crippen molar-refractivity contribution in [1.29, 1.82) is 5.26 Å². The summed E-state index contributed by atoms with van der Waals surface area (Å²) in [5.74, 6) is -0.336. The Morgan fingerprint density at radius 1 is 1.27 bits per heavy atom. The minimum atomic E-state index is -1.49. The van der Waals surface area contributed by atoms with Crippen molar-refractivity contribution in [2.75, 3.05) is 0 Å². The van der Waals surface area contributed by atoms with Crippen molar-refractivity contribution in [2.45, 2.75) is 26.1 Å². The first-order valence-corrected chi connectivity index (χ1v) is 4.49. The van der Waals surface area contributed by atoms with E-state index < -0.39 is 12.2 Å². The Hall–Kier alpha value is -1.44. The standard InChI is InChI=1S/C11H12FNO2/c1-6-3-8(4-7(2)10(6)12)11(15)9(14)5-13/h3-4,9,11,14-15H,1-2H3. The molecule has 0 bridgehead atoms. The van der Waals surface area contributed by atoms with Crippen LogP contribution in [0.15, 0.2) is 12.1 Å². The van der Waals surface area contributed by atoms with Crippen LogP contribution in [0.25, 0.3) is 0 Å². The molecule has 2 unspecified atom stereocenters. The molecule has 2 N–H and O–H groups in total. The molecule has 0 aliphatic heterocycles. The van der Waals surface area contributed by atoms with E-state index in [1.807, 2.05) is 0 Å². The number of rotatable bonds is 2. The Morgan fingerprint density at radius 3 is 2.13 bits per heavy atom. The lowest BCUT2D eigenvalue weighted by molar-refractivity contribution is 0.0527. The maximum atomic E-state index is 13.2. The van der Waals surface area contributed by atoms with Gasteiger partial charge in [0.1, 0.15) is 11.9 Å². The van der Waals surface area contributed by atoms with E-state index in [2.05, 4.69) is 0 Å². The molecule has 1 aromatic rings. The van der Waals surface area contributed by atoms with Gasteiger partial charge >= 0.3 is 0 Å². The summed E-state index contributed by atoms with van der Waals surface area (Å²) in [5.41, 5.74) is 1.11. The van der Waals surface area contributed by atoms with Crippen LogP contribution in [-0.2, 0) is 0 Å². The molecule has 0 fully saturated rings. The zero-order chi connectivity index (χ0) is 11.6. The molecule has 0 aliphatic carbocycles. The minimum Gasteiger partial charge on any atom is -0.385 e. The lowest BCUT2D eigenvalue weighted by Gasteiger charge is -2.14. The number of nitriles is 1. The Balaban J connectivity index is 3.12. The highest BCUT2D eigenvalue weighted by molar-refractivity contribution is 5.32. The summed E-state index contributed by atoms with van der Waals surface area (Å²) in [5, 5.41) is 27.1. The van der Waals surface area contributed by atoms with Gasteiger partial charge in [-0.05, 0) is 30.5 Å². The largest absolute Gasteiger partial charge is 0.385 e. The average molecular weight is 209 g/mol. The third-order valence-corrected chi connectivity index (χ3v) is 2.23. The molecule has 0 radical (unpaired) electrons. The van der Waals surface area contributed by atoms with Gasteiger partial charge in [0.05, 0.1) is 6.07 Å². The van der Waals surface area contributed by atoms with Gasteiger partial charge in [0.25, 0.3) is 0 Å². The molecule has 15 heavy (non-hydrogen) atoms. The summed E-state index contributed by atoms with van der Waals surface area (Å²) < 4.78 is 13.2. The van der Waals surface area contributed by atoms with E-state index in [0.29, 0.717) is 16.7 Å². The second-order valence-electron chi connectivity index (χ2n) is 3.49. The van der Waals surface area contributed by atoms with Gasteiger partial charge in [0.15, 0.2) is 6.10 Å². The van der Waals surface area contributed by atoms with Crippen molar-refractivity contribution in [3.63, 3.8) is 0 Å². The normalized spacial score (nSPS) is 14.4. The molecule has 0 amide bonds. The summed E-state index contributed by atoms with van der Waals surface area (Å²) in [6.45, 7) is 3.13. The molecular weight excluding hydrogens is 197 g/mol. The van der Waals surface area contributed by atoms with Crippen molar-refractivity contribution in [3.8, 4) is 6.07 Å². The van der Waals surface area contributed by atoms with Crippen LogP contribution in [0, 0.1) is 31.0 Å². The lowest BCUT2D eigenvalue weighted by atomic mass is 10.00. The number of nitrogens with zero attached hydrogens (tertiary/aromatic N) is 1. The van der Waals surface area contributed by atoms with E-state index in [4.69, 9.17) is 10.4 Å². The van der Waals surface area contributed by atoms with E-state index in [-0.39, 0.29) is 5.82 Å². The highest BCUT2D eigenvalue weighted by atomic mass is 19.1. The van der Waals surface area contributed by atoms with Gasteiger partial charge in [-0.15, -0.1) is 0 Å². The SMILES string of the molecule is Cc1cc(C(O)C(O)C#N)cc(C)c1F. The predicted molar refractivity (Wildman–Crippen MR) is 52.5 cm³/mol. The number of aliphatic hydroxyl groups excluding tert-OH is 2. The van der Waals surface area contributed by atoms with Gasteiger partial charge in [-0.3, -0.25) is 0 Å². The number of benzene rings is 1. The number of aryl methyl sites for hydroxylation is 2. The summed E-state index contributed by atoms with van der Waals surface area (Å²) >= 11 is 0. The molecule has 0 saturated carbocycles. The fourth-order valence-electron chi connectivity index (χ4n) is 1.40. The Morgan fingerprint density at radius 2 is 1.73 bits per heavy atom. The third-order valence-electron chi connectivity index (χ3n) is 2.23. The molecule has 4 heteroatoms. The molecule has 80 valence electrons. The number of hydrogen-bond donors (Lipinski definition) is 2. The fourth-order valence-corrected chi connectivity index (χ4v) is 1.40. The Bertz CT molecular complexity index is 389. The van der Waals surface area contributed by atoms with E-state index in [9.17, 15) is 9.50 Å². The summed E-state index contributed by atoms with van der Waals surface area (Å²) in [4.78, 5) is 0. The topological polar surface area (TPSA) is 64.2 Å². The lowest BCUT2D eigenvalue weighted by Crippen LogP contribution is -2.16. The van der Waals surface area contributed by atoms with Crippen molar-refractivity contribution in [2.24, 2.45) is 0 Å². The van der Waals surface area contributed by atoms with E-state index in [1.165, 1.54) is 18.2 Å². The van der Waals surface area contributed by atoms with E-state index >= 15 is 0 Å². The summed E-state index contributed by atoms with van der Waals surface area (Å²) in [7, 11) is 0. The molecule has 0 saturated heterocycles. The predicted octanol–water partition coefficient (Wildman–Crippen LogP) is 1.36. The first-order valence-electron chi connectivity index (χ1n) is 4.49. The van der Waals surface area contributed by atoms with Crippen molar-refractivity contribution in [3.05, 3.63) is 34.6 Å². The van der Waals surface area contributed by atoms with Crippen LogP contribution in [0.2, 0.25) is 0 Å². The molecule has 0 heterocycles. The van der Waals surface area contributed by atoms with Crippen LogP contribution in [0.4, 0.5) is 4.39 Å².